The van der Waals surface area contributed by atoms with Gasteiger partial charge in [0.15, 0.2) is 5.96 Å². The number of nitrogens with zero attached hydrogens (tertiary/aromatic N) is 3. The van der Waals surface area contributed by atoms with Crippen LogP contribution in [-0.2, 0) is 0 Å². The van der Waals surface area contributed by atoms with Crippen LogP contribution >= 0.6 is 35.7 Å². The maximum atomic E-state index is 12.1. The maximum Gasteiger partial charge on any atom is 0.441 e. The SMILES string of the molecule is CN=C(NCCSC(F)(F)F)N1CCC(N2CCCCC2)C1.I. The van der Waals surface area contributed by atoms with Crippen LogP contribution in [-0.4, -0.2) is 72.8 Å². The Labute approximate surface area is 157 Å². The summed E-state index contributed by atoms with van der Waals surface area (Å²) in [6.45, 7) is 4.47. The van der Waals surface area contributed by atoms with E-state index in [-0.39, 0.29) is 48.0 Å². The summed E-state index contributed by atoms with van der Waals surface area (Å²) in [5.74, 6) is 0.730. The zero-order valence-electron chi connectivity index (χ0n) is 13.4. The van der Waals surface area contributed by atoms with E-state index in [2.05, 4.69) is 20.1 Å². The van der Waals surface area contributed by atoms with Crippen molar-refractivity contribution in [2.75, 3.05) is 45.5 Å². The lowest BCUT2D eigenvalue weighted by Crippen LogP contribution is -2.45. The molecule has 0 radical (unpaired) electrons. The zero-order valence-corrected chi connectivity index (χ0v) is 16.6. The van der Waals surface area contributed by atoms with Crippen molar-refractivity contribution in [2.45, 2.75) is 37.2 Å². The van der Waals surface area contributed by atoms with Gasteiger partial charge in [-0.05, 0) is 44.1 Å². The number of nitrogens with one attached hydrogen (secondary N) is 1. The van der Waals surface area contributed by atoms with Gasteiger partial charge >= 0.3 is 5.51 Å². The van der Waals surface area contributed by atoms with Crippen LogP contribution in [0.1, 0.15) is 25.7 Å². The van der Waals surface area contributed by atoms with Crippen LogP contribution in [0.25, 0.3) is 0 Å². The van der Waals surface area contributed by atoms with E-state index in [0.717, 1.165) is 25.5 Å². The molecule has 2 fully saturated rings. The third kappa shape index (κ3) is 7.25. The van der Waals surface area contributed by atoms with Crippen molar-refractivity contribution in [3.63, 3.8) is 0 Å². The molecule has 2 heterocycles. The first-order valence-corrected chi connectivity index (χ1v) is 8.88. The monoisotopic (exact) mass is 466 g/mol. The van der Waals surface area contributed by atoms with Gasteiger partial charge in [0, 0.05) is 38.5 Å². The van der Waals surface area contributed by atoms with Crippen LogP contribution in [0.15, 0.2) is 4.99 Å². The molecular formula is C14H26F3IN4S. The quantitative estimate of drug-likeness (QED) is 0.299. The Bertz CT molecular complexity index is 376. The minimum absolute atomic E-state index is 0. The Morgan fingerprint density at radius 2 is 1.91 bits per heavy atom. The van der Waals surface area contributed by atoms with Gasteiger partial charge in [-0.1, -0.05) is 6.42 Å². The molecule has 0 aromatic rings. The standard InChI is InChI=1S/C14H25F3N4S.HI/c1-18-13(19-6-10-22-14(15,16)17)21-9-5-12(11-21)20-7-3-2-4-8-20;/h12H,2-11H2,1H3,(H,18,19);1H. The summed E-state index contributed by atoms with van der Waals surface area (Å²) in [6.07, 6.45) is 4.99. The average Bonchev–Trinajstić information content (AvgIpc) is 2.97. The van der Waals surface area contributed by atoms with Crippen molar-refractivity contribution >= 4 is 41.7 Å². The van der Waals surface area contributed by atoms with Crippen molar-refractivity contribution in [1.29, 1.82) is 0 Å². The molecule has 4 nitrogen and oxygen atoms in total. The van der Waals surface area contributed by atoms with Crippen LogP contribution < -0.4 is 5.32 Å². The van der Waals surface area contributed by atoms with Crippen molar-refractivity contribution in [1.82, 2.24) is 15.1 Å². The fourth-order valence-corrected chi connectivity index (χ4v) is 3.61. The molecule has 1 atom stereocenters. The van der Waals surface area contributed by atoms with Gasteiger partial charge in [-0.15, -0.1) is 24.0 Å². The number of rotatable bonds is 4. The van der Waals surface area contributed by atoms with Crippen molar-refractivity contribution in [3.05, 3.63) is 0 Å². The van der Waals surface area contributed by atoms with E-state index in [9.17, 15) is 13.2 Å². The molecule has 2 aliphatic rings. The fourth-order valence-electron chi connectivity index (χ4n) is 3.18. The largest absolute Gasteiger partial charge is 0.441 e. The molecule has 136 valence electrons. The first-order valence-electron chi connectivity index (χ1n) is 7.90. The smallest absolute Gasteiger partial charge is 0.355 e. The number of alkyl halides is 3. The molecule has 0 saturated carbocycles. The van der Waals surface area contributed by atoms with E-state index in [1.807, 2.05) is 0 Å². The number of guanidine groups is 1. The number of piperidine rings is 1. The number of halogens is 4. The van der Waals surface area contributed by atoms with Gasteiger partial charge in [-0.25, -0.2) is 0 Å². The van der Waals surface area contributed by atoms with Crippen LogP contribution in [0, 0.1) is 0 Å². The average molecular weight is 466 g/mol. The molecule has 1 N–H and O–H groups in total. The summed E-state index contributed by atoms with van der Waals surface area (Å²) in [5, 5.41) is 3.04. The normalized spacial score (nSPS) is 23.7. The molecule has 1 unspecified atom stereocenters. The van der Waals surface area contributed by atoms with Gasteiger partial charge in [0.25, 0.3) is 0 Å². The summed E-state index contributed by atoms with van der Waals surface area (Å²) in [4.78, 5) is 8.92. The summed E-state index contributed by atoms with van der Waals surface area (Å²) < 4.78 is 36.3. The molecular weight excluding hydrogens is 440 g/mol. The second kappa shape index (κ2) is 10.2. The second-order valence-electron chi connectivity index (χ2n) is 5.75. The second-order valence-corrected chi connectivity index (χ2v) is 6.91. The molecule has 0 aromatic carbocycles. The van der Waals surface area contributed by atoms with Gasteiger partial charge in [0.2, 0.25) is 0 Å². The lowest BCUT2D eigenvalue weighted by atomic mass is 10.1. The van der Waals surface area contributed by atoms with Crippen molar-refractivity contribution in [3.8, 4) is 0 Å². The van der Waals surface area contributed by atoms with E-state index < -0.39 is 5.51 Å². The third-order valence-electron chi connectivity index (χ3n) is 4.23. The molecule has 0 amide bonds. The molecule has 0 aromatic heterocycles. The van der Waals surface area contributed by atoms with Gasteiger partial charge in [0.05, 0.1) is 0 Å². The van der Waals surface area contributed by atoms with Gasteiger partial charge in [-0.3, -0.25) is 9.89 Å². The highest BCUT2D eigenvalue weighted by Crippen LogP contribution is 2.29. The Morgan fingerprint density at radius 1 is 1.22 bits per heavy atom. The lowest BCUT2D eigenvalue weighted by molar-refractivity contribution is -0.0327. The minimum Gasteiger partial charge on any atom is -0.355 e. The first kappa shape index (κ1) is 21.1. The molecule has 0 spiro atoms. The summed E-state index contributed by atoms with van der Waals surface area (Å²) in [5.41, 5.74) is -4.15. The number of thioether (sulfide) groups is 1. The van der Waals surface area contributed by atoms with Gasteiger partial charge in [-0.2, -0.15) is 13.2 Å². The van der Waals surface area contributed by atoms with Crippen LogP contribution in [0.2, 0.25) is 0 Å². The fraction of sp³-hybridized carbons (Fsp3) is 0.929. The Morgan fingerprint density at radius 3 is 2.52 bits per heavy atom. The highest BCUT2D eigenvalue weighted by Gasteiger charge is 2.30. The third-order valence-corrected chi connectivity index (χ3v) is 4.97. The van der Waals surface area contributed by atoms with E-state index in [1.165, 1.54) is 32.4 Å². The minimum atomic E-state index is -4.15. The van der Waals surface area contributed by atoms with E-state index in [1.54, 1.807) is 7.05 Å². The van der Waals surface area contributed by atoms with Crippen LogP contribution in [0.4, 0.5) is 13.2 Å². The number of likely N-dealkylation sites (tertiary alicyclic amines) is 2. The Balaban J connectivity index is 0.00000264. The highest BCUT2D eigenvalue weighted by atomic mass is 127. The molecule has 0 aliphatic carbocycles. The van der Waals surface area contributed by atoms with Gasteiger partial charge < -0.3 is 10.2 Å². The molecule has 2 aliphatic heterocycles. The number of aliphatic imine (C=N–C) groups is 1. The van der Waals surface area contributed by atoms with E-state index >= 15 is 0 Å². The van der Waals surface area contributed by atoms with Crippen molar-refractivity contribution in [2.24, 2.45) is 4.99 Å². The van der Waals surface area contributed by atoms with Crippen LogP contribution in [0.3, 0.4) is 0 Å². The summed E-state index contributed by atoms with van der Waals surface area (Å²) in [6, 6.07) is 0.559. The van der Waals surface area contributed by atoms with Gasteiger partial charge in [0.1, 0.15) is 0 Å². The molecule has 0 bridgehead atoms. The Hall–Kier alpha value is 0.1000. The number of hydrogen-bond donors (Lipinski definition) is 1. The zero-order chi connectivity index (χ0) is 16.0. The predicted molar refractivity (Wildman–Crippen MR) is 101 cm³/mol. The van der Waals surface area contributed by atoms with Crippen LogP contribution in [0.5, 0.6) is 0 Å². The topological polar surface area (TPSA) is 30.9 Å². The Kier molecular flexibility index (Phi) is 9.35. The van der Waals surface area contributed by atoms with E-state index in [0.29, 0.717) is 6.04 Å². The molecule has 2 saturated heterocycles. The maximum absolute atomic E-state index is 12.1. The highest BCUT2D eigenvalue weighted by molar-refractivity contribution is 14.0. The first-order chi connectivity index (χ1) is 10.5. The molecule has 23 heavy (non-hydrogen) atoms. The number of hydrogen-bond acceptors (Lipinski definition) is 3. The molecule has 9 heteroatoms. The lowest BCUT2D eigenvalue weighted by Gasteiger charge is -2.32. The molecule has 2 rings (SSSR count). The predicted octanol–water partition coefficient (Wildman–Crippen LogP) is 2.99. The summed E-state index contributed by atoms with van der Waals surface area (Å²) >= 11 is 0.00760. The summed E-state index contributed by atoms with van der Waals surface area (Å²) in [7, 11) is 1.69. The van der Waals surface area contributed by atoms with E-state index in [4.69, 9.17) is 0 Å². The van der Waals surface area contributed by atoms with Crippen molar-refractivity contribution < 1.29 is 13.2 Å².